The van der Waals surface area contributed by atoms with Crippen LogP contribution in [0.25, 0.3) is 0 Å². The van der Waals surface area contributed by atoms with Crippen LogP contribution in [0.4, 0.5) is 0 Å². The molecule has 4 heterocycles. The third kappa shape index (κ3) is 13.5. The van der Waals surface area contributed by atoms with Crippen LogP contribution >= 0.6 is 0 Å². The minimum Gasteiger partial charge on any atom is -0.469 e. The summed E-state index contributed by atoms with van der Waals surface area (Å²) in [5, 5.41) is 0. The molecule has 0 N–H and O–H groups in total. The van der Waals surface area contributed by atoms with Crippen molar-refractivity contribution < 1.29 is 119 Å². The van der Waals surface area contributed by atoms with E-state index in [0.717, 1.165) is 79.7 Å². The Morgan fingerprint density at radius 1 is 0.553 bits per heavy atom. The number of carbonyl (C=O) groups is 9. The molecule has 0 spiro atoms. The van der Waals surface area contributed by atoms with Crippen molar-refractivity contribution in [2.45, 2.75) is 253 Å². The Labute approximate surface area is 548 Å². The largest absolute Gasteiger partial charge is 0.469 e. The molecule has 0 amide bonds. The maximum atomic E-state index is 15.6. The van der Waals surface area contributed by atoms with Gasteiger partial charge in [-0.25, -0.2) is 0 Å². The minimum absolute atomic E-state index is 0.00953. The zero-order chi connectivity index (χ0) is 68.4. The van der Waals surface area contributed by atoms with Crippen molar-refractivity contribution in [3.05, 3.63) is 47.5 Å². The first kappa shape index (κ1) is 70.9. The second kappa shape index (κ2) is 27.2. The predicted octanol–water partition coefficient (Wildman–Crippen LogP) is 7.37. The lowest BCUT2D eigenvalue weighted by atomic mass is 9.33. The first-order chi connectivity index (χ1) is 44.2. The molecule has 4 saturated carbocycles. The molecule has 520 valence electrons. The van der Waals surface area contributed by atoms with E-state index < -0.39 is 175 Å². The van der Waals surface area contributed by atoms with Crippen molar-refractivity contribution in [3.8, 4) is 0 Å². The van der Waals surface area contributed by atoms with E-state index in [2.05, 4.69) is 41.5 Å². The first-order valence-corrected chi connectivity index (χ1v) is 32.9. The molecule has 5 aliphatic carbocycles. The lowest BCUT2D eigenvalue weighted by molar-refractivity contribution is -0.418. The highest BCUT2D eigenvalue weighted by Gasteiger charge is 2.71. The Morgan fingerprint density at radius 2 is 1.14 bits per heavy atom. The molecule has 0 aromatic heterocycles. The monoisotopic (exact) mass is 1320 g/mol. The van der Waals surface area contributed by atoms with Crippen LogP contribution in [-0.2, 0) is 119 Å². The predicted molar refractivity (Wildman–Crippen MR) is 323 cm³/mol. The summed E-state index contributed by atoms with van der Waals surface area (Å²) in [6.45, 7) is 22.1. The molecule has 0 bridgehead atoms. The second-order valence-electron chi connectivity index (χ2n) is 29.2. The van der Waals surface area contributed by atoms with Crippen molar-refractivity contribution in [1.29, 1.82) is 0 Å². The van der Waals surface area contributed by atoms with Gasteiger partial charge in [-0.3, -0.25) is 43.2 Å². The zero-order valence-corrected chi connectivity index (χ0v) is 56.6. The fraction of sp³-hybridized carbons (Fsp3) is 0.754. The summed E-state index contributed by atoms with van der Waals surface area (Å²) in [6, 6.07) is 8.97. The van der Waals surface area contributed by atoms with Crippen LogP contribution in [0.1, 0.15) is 167 Å². The van der Waals surface area contributed by atoms with Crippen LogP contribution in [0, 0.1) is 50.2 Å². The summed E-state index contributed by atoms with van der Waals surface area (Å²) in [5.41, 5.74) is -1.18. The molecule has 10 rings (SSSR count). The van der Waals surface area contributed by atoms with Crippen molar-refractivity contribution >= 4 is 53.5 Å². The number of carbonyl (C=O) groups excluding carboxylic acids is 9. The summed E-state index contributed by atoms with van der Waals surface area (Å²) >= 11 is 0. The Kier molecular flexibility index (Phi) is 20.5. The van der Waals surface area contributed by atoms with E-state index in [1.54, 1.807) is 24.3 Å². The number of hydrogen-bond donors (Lipinski definition) is 0. The summed E-state index contributed by atoms with van der Waals surface area (Å²) in [5.74, 6) is -6.54. The Hall–Kier alpha value is -5.93. The third-order valence-corrected chi connectivity index (χ3v) is 22.7. The number of benzene rings is 1. The van der Waals surface area contributed by atoms with Crippen LogP contribution in [0.2, 0.25) is 0 Å². The zero-order valence-electron chi connectivity index (χ0n) is 56.6. The van der Waals surface area contributed by atoms with Gasteiger partial charge in [0.05, 0.1) is 31.8 Å². The summed E-state index contributed by atoms with van der Waals surface area (Å²) in [7, 11) is 1.44. The number of hydrogen-bond acceptors (Lipinski definition) is 25. The molecule has 1 aromatic rings. The molecule has 25 nitrogen and oxygen atoms in total. The van der Waals surface area contributed by atoms with Gasteiger partial charge < -0.3 is 75.8 Å². The molecular formula is C69H94O25. The maximum Gasteiger partial charge on any atom is 0.311 e. The number of ketones is 1. The molecular weight excluding hydrogens is 1230 g/mol. The van der Waals surface area contributed by atoms with Crippen molar-refractivity contribution in [3.63, 3.8) is 0 Å². The standard InChI is InChI=1S/C69H94O25/c1-34(70)80-31-46-50(84-36(3)72)53(86-38(5)74)56(88-40(7)76)62(90-46)94-57-54(93-60-55(87-39(6)75)52(85-37(4)73)45(32-82-60)83-35(2)71)51-47(33-81-59(92-51)41-19-17-16-18-20-41)89-61(57)91-49-22-23-67(12)48(64(49,8)9)21-24-69(14)58(67)44(77)29-42-43-30-66(11,63(78)79-15)26-25-65(43,10)27-28-68(42,69)13/h16-20,29,43,45-62H,21-28,30-33H2,1-15H3/t43-,45+,46+,47+,48-,49-,50-,51+,52-,53-,54-,55+,56+,57+,58+,59+,60-,61-,62-,65+,66-,67-,68+,69+/m0/s1. The van der Waals surface area contributed by atoms with E-state index >= 15 is 4.79 Å². The van der Waals surface area contributed by atoms with Gasteiger partial charge in [-0.1, -0.05) is 77.4 Å². The third-order valence-electron chi connectivity index (χ3n) is 22.7. The molecule has 25 heteroatoms. The van der Waals surface area contributed by atoms with E-state index in [1.807, 2.05) is 19.1 Å². The highest BCUT2D eigenvalue weighted by atomic mass is 16.8. The molecule has 4 saturated heterocycles. The Bertz CT molecular complexity index is 3090. The molecule has 4 aliphatic heterocycles. The Morgan fingerprint density at radius 3 is 1.77 bits per heavy atom. The normalized spacial score (nSPS) is 42.1. The fourth-order valence-corrected chi connectivity index (χ4v) is 18.2. The highest BCUT2D eigenvalue weighted by Crippen LogP contribution is 2.75. The van der Waals surface area contributed by atoms with E-state index in [-0.39, 0.29) is 46.9 Å². The topological polar surface area (TPSA) is 301 Å². The average Bonchev–Trinajstić information content (AvgIpc) is 0.673. The molecule has 94 heavy (non-hydrogen) atoms. The number of rotatable bonds is 16. The maximum absolute atomic E-state index is 15.6. The first-order valence-electron chi connectivity index (χ1n) is 32.9. The molecule has 8 fully saturated rings. The van der Waals surface area contributed by atoms with Crippen molar-refractivity contribution in [1.82, 2.24) is 0 Å². The molecule has 0 radical (unpaired) electrons. The number of methoxy groups -OCH3 is 1. The number of ether oxygens (including phenoxy) is 16. The van der Waals surface area contributed by atoms with Gasteiger partial charge in [0.2, 0.25) is 0 Å². The fourth-order valence-electron chi connectivity index (χ4n) is 18.2. The summed E-state index contributed by atoms with van der Waals surface area (Å²) < 4.78 is 101. The number of fused-ring (bicyclic) bond motifs is 8. The van der Waals surface area contributed by atoms with E-state index in [4.69, 9.17) is 75.8 Å². The SMILES string of the molecule is COC(=O)[C@@]1(C)CC[C@]2(C)CC[C@]3(C)C(=CC(=O)[C@@H]4[C@@]5(C)CC[C@H](O[C@@H]6O[C@@H]7CO[C@@H](c8ccccc8)O[C@H]7[C@H](O[C@@H]7OC[C@@H](OC(C)=O)[C@H](OC(C)=O)[C@H]7OC(C)=O)[C@H]6O[C@@H]6O[C@H](COC(C)=O)[C@H](OC(C)=O)[C@H](OC(C)=O)[C@H]6OC(C)=O)C(C)(C)[C@@H]5CC[C@]43C)[C@@H]2C1. The second-order valence-corrected chi connectivity index (χ2v) is 29.2. The van der Waals surface area contributed by atoms with Gasteiger partial charge in [0.25, 0.3) is 0 Å². The smallest absolute Gasteiger partial charge is 0.311 e. The molecule has 9 aliphatic rings. The van der Waals surface area contributed by atoms with Crippen LogP contribution in [-0.4, -0.2) is 173 Å². The van der Waals surface area contributed by atoms with Crippen LogP contribution in [0.3, 0.4) is 0 Å². The van der Waals surface area contributed by atoms with Gasteiger partial charge in [-0.2, -0.15) is 0 Å². The number of esters is 8. The van der Waals surface area contributed by atoms with Gasteiger partial charge in [-0.05, 0) is 110 Å². The lowest BCUT2D eigenvalue weighted by Gasteiger charge is -2.70. The van der Waals surface area contributed by atoms with Gasteiger partial charge in [0, 0.05) is 59.9 Å². The minimum atomic E-state index is -1.87. The molecule has 1 aromatic carbocycles. The molecule has 0 unspecified atom stereocenters. The highest BCUT2D eigenvalue weighted by molar-refractivity contribution is 5.96. The van der Waals surface area contributed by atoms with E-state index in [0.29, 0.717) is 37.7 Å². The van der Waals surface area contributed by atoms with Gasteiger partial charge >= 0.3 is 47.8 Å². The van der Waals surface area contributed by atoms with Gasteiger partial charge in [0.15, 0.2) is 67.6 Å². The molecule has 24 atom stereocenters. The van der Waals surface area contributed by atoms with Gasteiger partial charge in [0.1, 0.15) is 37.1 Å². The quantitative estimate of drug-likeness (QED) is 0.0886. The van der Waals surface area contributed by atoms with Crippen LogP contribution < -0.4 is 0 Å². The van der Waals surface area contributed by atoms with Crippen LogP contribution in [0.15, 0.2) is 42.0 Å². The Balaban J connectivity index is 1.07. The van der Waals surface area contributed by atoms with Crippen molar-refractivity contribution in [2.75, 3.05) is 26.9 Å². The van der Waals surface area contributed by atoms with E-state index in [9.17, 15) is 38.4 Å². The lowest BCUT2D eigenvalue weighted by Crippen LogP contribution is -2.70. The average molecular weight is 1320 g/mol. The van der Waals surface area contributed by atoms with Crippen LogP contribution in [0.5, 0.6) is 0 Å². The number of allylic oxidation sites excluding steroid dienone is 2. The summed E-state index contributed by atoms with van der Waals surface area (Å²) in [4.78, 5) is 120. The van der Waals surface area contributed by atoms with Crippen molar-refractivity contribution in [2.24, 2.45) is 50.2 Å². The van der Waals surface area contributed by atoms with E-state index in [1.165, 1.54) is 7.11 Å². The van der Waals surface area contributed by atoms with Gasteiger partial charge in [-0.15, -0.1) is 0 Å². The summed E-state index contributed by atoms with van der Waals surface area (Å²) in [6.07, 6.45) is -15.1.